The van der Waals surface area contributed by atoms with Crippen LogP contribution in [0.2, 0.25) is 15.1 Å². The van der Waals surface area contributed by atoms with Gasteiger partial charge in [-0.1, -0.05) is 47.8 Å². The van der Waals surface area contributed by atoms with Crippen molar-refractivity contribution in [3.8, 4) is 5.75 Å². The second-order valence-electron chi connectivity index (χ2n) is 10.6. The van der Waals surface area contributed by atoms with Crippen molar-refractivity contribution in [2.75, 3.05) is 18.0 Å². The van der Waals surface area contributed by atoms with Gasteiger partial charge in [0.2, 0.25) is 11.8 Å². The van der Waals surface area contributed by atoms with E-state index in [4.69, 9.17) is 39.5 Å². The number of nitrogens with one attached hydrogen (secondary N) is 1. The van der Waals surface area contributed by atoms with Gasteiger partial charge in [0.25, 0.3) is 10.0 Å². The fourth-order valence-corrected chi connectivity index (χ4v) is 6.08. The topological polar surface area (TPSA) is 96.0 Å². The van der Waals surface area contributed by atoms with E-state index in [0.29, 0.717) is 26.4 Å². The van der Waals surface area contributed by atoms with Crippen LogP contribution in [0.4, 0.5) is 5.69 Å². The number of sulfonamides is 1. The van der Waals surface area contributed by atoms with Gasteiger partial charge in [0.05, 0.1) is 27.7 Å². The first kappa shape index (κ1) is 33.5. The normalized spacial score (nSPS) is 12.4. The summed E-state index contributed by atoms with van der Waals surface area (Å²) < 4.78 is 34.1. The third kappa shape index (κ3) is 8.53. The lowest BCUT2D eigenvalue weighted by atomic mass is 10.1. The number of nitrogens with zero attached hydrogens (tertiary/aromatic N) is 2. The molecule has 226 valence electrons. The molecular formula is C30H34Cl3N3O5S. The first-order valence-corrected chi connectivity index (χ1v) is 15.7. The molecule has 0 aromatic heterocycles. The molecule has 1 N–H and O–H groups in total. The molecule has 0 aliphatic rings. The Hall–Kier alpha value is -2.98. The van der Waals surface area contributed by atoms with Gasteiger partial charge in [-0.2, -0.15) is 0 Å². The largest absolute Gasteiger partial charge is 0.497 e. The summed E-state index contributed by atoms with van der Waals surface area (Å²) in [5.41, 5.74) is 0.289. The fraction of sp³-hybridized carbons (Fsp3) is 0.333. The third-order valence-corrected chi connectivity index (χ3v) is 9.04. The Kier molecular flexibility index (Phi) is 11.2. The van der Waals surface area contributed by atoms with Crippen LogP contribution in [0.25, 0.3) is 0 Å². The van der Waals surface area contributed by atoms with Gasteiger partial charge in [0, 0.05) is 17.1 Å². The van der Waals surface area contributed by atoms with Crippen molar-refractivity contribution in [2.24, 2.45) is 0 Å². The van der Waals surface area contributed by atoms with Crippen molar-refractivity contribution in [1.82, 2.24) is 10.2 Å². The van der Waals surface area contributed by atoms with E-state index in [1.54, 1.807) is 25.1 Å². The summed E-state index contributed by atoms with van der Waals surface area (Å²) in [6.45, 7) is 6.71. The maximum absolute atomic E-state index is 14.1. The van der Waals surface area contributed by atoms with Crippen LogP contribution in [0.3, 0.4) is 0 Å². The molecular weight excluding hydrogens is 621 g/mol. The summed E-state index contributed by atoms with van der Waals surface area (Å²) in [5.74, 6) is -0.481. The number of anilines is 1. The molecule has 1 atom stereocenters. The number of hydrogen-bond donors (Lipinski definition) is 1. The standard InChI is InChI=1S/C30H34Cl3N3O5S/c1-6-27(29(38)34-30(2,3)4)35(18-20-7-16-25(32)26(33)17-20)28(37)19-36(22-10-8-21(31)9-11-22)42(39,40)24-14-12-23(41-5)13-15-24/h7-17,27H,6,18-19H2,1-5H3,(H,34,38). The zero-order chi connectivity index (χ0) is 31.2. The van der Waals surface area contributed by atoms with Crippen LogP contribution >= 0.6 is 34.8 Å². The minimum Gasteiger partial charge on any atom is -0.497 e. The summed E-state index contributed by atoms with van der Waals surface area (Å²) in [7, 11) is -2.76. The van der Waals surface area contributed by atoms with Crippen LogP contribution in [-0.2, 0) is 26.2 Å². The Balaban J connectivity index is 2.08. The monoisotopic (exact) mass is 653 g/mol. The number of hydrogen-bond acceptors (Lipinski definition) is 5. The van der Waals surface area contributed by atoms with Crippen LogP contribution in [0.5, 0.6) is 5.75 Å². The summed E-state index contributed by atoms with van der Waals surface area (Å²) in [4.78, 5) is 28.9. The molecule has 8 nitrogen and oxygen atoms in total. The number of halogens is 3. The molecule has 0 saturated heterocycles. The van der Waals surface area contributed by atoms with Crippen molar-refractivity contribution in [1.29, 1.82) is 0 Å². The molecule has 0 fully saturated rings. The lowest BCUT2D eigenvalue weighted by molar-refractivity contribution is -0.141. The van der Waals surface area contributed by atoms with Gasteiger partial charge in [-0.05, 0) is 93.4 Å². The van der Waals surface area contributed by atoms with Crippen LogP contribution in [0.15, 0.2) is 71.6 Å². The maximum atomic E-state index is 14.1. The number of carbonyl (C=O) groups is 2. The molecule has 2 amide bonds. The Bertz CT molecular complexity index is 1510. The lowest BCUT2D eigenvalue weighted by Gasteiger charge is -2.34. The van der Waals surface area contributed by atoms with Gasteiger partial charge in [-0.25, -0.2) is 8.42 Å². The second-order valence-corrected chi connectivity index (χ2v) is 13.7. The Morgan fingerprint density at radius 3 is 2.07 bits per heavy atom. The van der Waals surface area contributed by atoms with Crippen molar-refractivity contribution in [3.05, 3.63) is 87.4 Å². The zero-order valence-electron chi connectivity index (χ0n) is 24.0. The van der Waals surface area contributed by atoms with E-state index in [2.05, 4.69) is 5.32 Å². The van der Waals surface area contributed by atoms with Gasteiger partial charge in [0.15, 0.2) is 0 Å². The number of carbonyl (C=O) groups excluding carboxylic acids is 2. The summed E-state index contributed by atoms with van der Waals surface area (Å²) in [6.07, 6.45) is 0.279. The molecule has 42 heavy (non-hydrogen) atoms. The van der Waals surface area contributed by atoms with Crippen molar-refractivity contribution in [3.63, 3.8) is 0 Å². The molecule has 0 aliphatic carbocycles. The number of methoxy groups -OCH3 is 1. The molecule has 0 aliphatic heterocycles. The molecule has 0 radical (unpaired) electrons. The van der Waals surface area contributed by atoms with Crippen LogP contribution in [0, 0.1) is 0 Å². The van der Waals surface area contributed by atoms with Crippen molar-refractivity contribution < 1.29 is 22.7 Å². The highest BCUT2D eigenvalue weighted by Crippen LogP contribution is 2.28. The minimum absolute atomic E-state index is 0.0111. The fourth-order valence-electron chi connectivity index (χ4n) is 4.22. The van der Waals surface area contributed by atoms with E-state index in [9.17, 15) is 18.0 Å². The van der Waals surface area contributed by atoms with Gasteiger partial charge in [-0.15, -0.1) is 0 Å². The van der Waals surface area contributed by atoms with E-state index in [1.807, 2.05) is 20.8 Å². The smallest absolute Gasteiger partial charge is 0.264 e. The molecule has 1 unspecified atom stereocenters. The molecule has 3 aromatic carbocycles. The van der Waals surface area contributed by atoms with E-state index >= 15 is 0 Å². The Morgan fingerprint density at radius 1 is 0.929 bits per heavy atom. The molecule has 0 heterocycles. The van der Waals surface area contributed by atoms with Gasteiger partial charge in [-0.3, -0.25) is 13.9 Å². The van der Waals surface area contributed by atoms with E-state index < -0.39 is 34.1 Å². The minimum atomic E-state index is -4.24. The highest BCUT2D eigenvalue weighted by molar-refractivity contribution is 7.92. The number of ether oxygens (including phenoxy) is 1. The summed E-state index contributed by atoms with van der Waals surface area (Å²) >= 11 is 18.4. The van der Waals surface area contributed by atoms with Crippen LogP contribution < -0.4 is 14.4 Å². The molecule has 12 heteroatoms. The predicted molar refractivity (Wildman–Crippen MR) is 168 cm³/mol. The van der Waals surface area contributed by atoms with Gasteiger partial charge in [0.1, 0.15) is 18.3 Å². The number of amides is 2. The number of rotatable bonds is 11. The van der Waals surface area contributed by atoms with E-state index in [0.717, 1.165) is 4.31 Å². The van der Waals surface area contributed by atoms with Gasteiger partial charge < -0.3 is 15.0 Å². The summed E-state index contributed by atoms with van der Waals surface area (Å²) in [5, 5.41) is 3.97. The van der Waals surface area contributed by atoms with E-state index in [1.165, 1.54) is 60.5 Å². The average molecular weight is 655 g/mol. The van der Waals surface area contributed by atoms with Crippen molar-refractivity contribution >= 4 is 62.3 Å². The zero-order valence-corrected chi connectivity index (χ0v) is 27.1. The summed E-state index contributed by atoms with van der Waals surface area (Å²) in [6, 6.07) is 16.0. The molecule has 3 rings (SSSR count). The maximum Gasteiger partial charge on any atom is 0.264 e. The Morgan fingerprint density at radius 2 is 1.55 bits per heavy atom. The van der Waals surface area contributed by atoms with Crippen molar-refractivity contribution in [2.45, 2.75) is 57.1 Å². The SMILES string of the molecule is CCC(C(=O)NC(C)(C)C)N(Cc1ccc(Cl)c(Cl)c1)C(=O)CN(c1ccc(Cl)cc1)S(=O)(=O)c1ccc(OC)cc1. The van der Waals surface area contributed by atoms with Crippen LogP contribution in [0.1, 0.15) is 39.7 Å². The van der Waals surface area contributed by atoms with Crippen LogP contribution in [-0.4, -0.2) is 50.4 Å². The molecule has 0 bridgehead atoms. The quantitative estimate of drug-likeness (QED) is 0.252. The number of benzene rings is 3. The Labute approximate surface area is 262 Å². The molecule has 0 saturated carbocycles. The highest BCUT2D eigenvalue weighted by atomic mass is 35.5. The lowest BCUT2D eigenvalue weighted by Crippen LogP contribution is -2.55. The molecule has 0 spiro atoms. The second kappa shape index (κ2) is 14.0. The van der Waals surface area contributed by atoms with Gasteiger partial charge >= 0.3 is 0 Å². The average Bonchev–Trinajstić information content (AvgIpc) is 2.93. The predicted octanol–water partition coefficient (Wildman–Crippen LogP) is 6.57. The highest BCUT2D eigenvalue weighted by Gasteiger charge is 2.34. The van der Waals surface area contributed by atoms with E-state index in [-0.39, 0.29) is 29.5 Å². The third-order valence-electron chi connectivity index (χ3n) is 6.26. The first-order chi connectivity index (χ1) is 19.7. The molecule has 3 aromatic rings. The first-order valence-electron chi connectivity index (χ1n) is 13.1.